The fourth-order valence-electron chi connectivity index (χ4n) is 5.21. The van der Waals surface area contributed by atoms with Crippen LogP contribution in [0.15, 0.2) is 162 Å². The van der Waals surface area contributed by atoms with Gasteiger partial charge >= 0.3 is 0 Å². The number of pyridine rings is 1. The van der Waals surface area contributed by atoms with Gasteiger partial charge in [0.1, 0.15) is 0 Å². The van der Waals surface area contributed by atoms with Crippen LogP contribution in [-0.2, 0) is 0 Å². The third kappa shape index (κ3) is 5.92. The number of nitrogens with zero attached hydrogens (tertiary/aromatic N) is 3. The van der Waals surface area contributed by atoms with Crippen LogP contribution < -0.4 is 0 Å². The van der Waals surface area contributed by atoms with Crippen molar-refractivity contribution in [2.24, 2.45) is 0 Å². The van der Waals surface area contributed by atoms with Gasteiger partial charge in [-0.05, 0) is 63.7 Å². The summed E-state index contributed by atoms with van der Waals surface area (Å²) < 4.78 is 1.07. The molecule has 3 nitrogen and oxygen atoms in total. The van der Waals surface area contributed by atoms with E-state index in [4.69, 9.17) is 9.97 Å². The highest BCUT2D eigenvalue weighted by Crippen LogP contribution is 2.32. The summed E-state index contributed by atoms with van der Waals surface area (Å²) in [5.74, 6) is 0.694. The van der Waals surface area contributed by atoms with Crippen LogP contribution >= 0.6 is 15.9 Å². The Labute approximate surface area is 259 Å². The van der Waals surface area contributed by atoms with Crippen molar-refractivity contribution in [2.75, 3.05) is 0 Å². The lowest BCUT2D eigenvalue weighted by molar-refractivity contribution is 1.18. The van der Waals surface area contributed by atoms with Gasteiger partial charge in [-0.15, -0.1) is 0 Å². The summed E-state index contributed by atoms with van der Waals surface area (Å²) in [6.07, 6.45) is 3.66. The minimum absolute atomic E-state index is 0.694. The summed E-state index contributed by atoms with van der Waals surface area (Å²) in [7, 11) is 0. The lowest BCUT2D eigenvalue weighted by Gasteiger charge is -2.11. The number of hydrogen-bond donors (Lipinski definition) is 0. The largest absolute Gasteiger partial charge is 0.264 e. The Morgan fingerprint density at radius 1 is 0.372 bits per heavy atom. The molecule has 7 rings (SSSR count). The van der Waals surface area contributed by atoms with E-state index in [2.05, 4.69) is 136 Å². The zero-order valence-corrected chi connectivity index (χ0v) is 24.8. The van der Waals surface area contributed by atoms with Crippen molar-refractivity contribution in [3.8, 4) is 67.3 Å². The Morgan fingerprint density at radius 3 is 1.53 bits per heavy atom. The van der Waals surface area contributed by atoms with Gasteiger partial charge in [0.2, 0.25) is 0 Å². The molecule has 4 heteroatoms. The van der Waals surface area contributed by atoms with Crippen molar-refractivity contribution in [1.29, 1.82) is 0 Å². The second kappa shape index (κ2) is 12.0. The topological polar surface area (TPSA) is 38.7 Å². The molecule has 43 heavy (non-hydrogen) atoms. The Hall–Kier alpha value is -5.19. The molecule has 0 N–H and O–H groups in total. The highest BCUT2D eigenvalue weighted by Gasteiger charge is 2.12. The van der Waals surface area contributed by atoms with Gasteiger partial charge in [-0.3, -0.25) is 4.98 Å². The SMILES string of the molecule is Brc1cccc(-c2cccc(-c3ccc(-c4cc(-c5ccccc5)nc(-c5ccc(-c6cccnc6)cc5)n4)cc3)c2)c1. The number of halogens is 1. The normalized spacial score (nSPS) is 10.9. The molecular weight excluding hydrogens is 590 g/mol. The molecule has 0 unspecified atom stereocenters. The van der Waals surface area contributed by atoms with E-state index in [0.717, 1.165) is 49.2 Å². The van der Waals surface area contributed by atoms with Crippen LogP contribution in [0.3, 0.4) is 0 Å². The number of rotatable bonds is 6. The predicted molar refractivity (Wildman–Crippen MR) is 180 cm³/mol. The van der Waals surface area contributed by atoms with Crippen LogP contribution in [0, 0.1) is 0 Å². The number of aromatic nitrogens is 3. The van der Waals surface area contributed by atoms with Crippen molar-refractivity contribution in [3.05, 3.63) is 162 Å². The maximum absolute atomic E-state index is 5.04. The smallest absolute Gasteiger partial charge is 0.160 e. The first-order valence-electron chi connectivity index (χ1n) is 14.1. The first kappa shape index (κ1) is 26.7. The Morgan fingerprint density at radius 2 is 0.884 bits per heavy atom. The predicted octanol–water partition coefficient (Wildman–Crippen LogP) is 10.6. The van der Waals surface area contributed by atoms with Gasteiger partial charge in [-0.1, -0.05) is 131 Å². The molecular formula is C39H26BrN3. The van der Waals surface area contributed by atoms with Crippen molar-refractivity contribution in [3.63, 3.8) is 0 Å². The number of hydrogen-bond acceptors (Lipinski definition) is 3. The Balaban J connectivity index is 1.24. The first-order chi connectivity index (χ1) is 21.2. The first-order valence-corrected chi connectivity index (χ1v) is 14.9. The Kier molecular flexibility index (Phi) is 7.43. The zero-order chi connectivity index (χ0) is 29.0. The number of benzene rings is 5. The van der Waals surface area contributed by atoms with Crippen LogP contribution in [0.25, 0.3) is 67.3 Å². The average molecular weight is 617 g/mol. The van der Waals surface area contributed by atoms with Gasteiger partial charge in [-0.2, -0.15) is 0 Å². The molecule has 0 bridgehead atoms. The van der Waals surface area contributed by atoms with Crippen LogP contribution in [0.1, 0.15) is 0 Å². The fourth-order valence-corrected chi connectivity index (χ4v) is 5.61. The lowest BCUT2D eigenvalue weighted by atomic mass is 9.98. The minimum Gasteiger partial charge on any atom is -0.264 e. The van der Waals surface area contributed by atoms with Crippen molar-refractivity contribution >= 4 is 15.9 Å². The van der Waals surface area contributed by atoms with E-state index >= 15 is 0 Å². The van der Waals surface area contributed by atoms with Crippen LogP contribution in [0.2, 0.25) is 0 Å². The fraction of sp³-hybridized carbons (Fsp3) is 0. The zero-order valence-electron chi connectivity index (χ0n) is 23.2. The standard InChI is InChI=1S/C39H26BrN3/c40-36-13-5-11-34(24-36)33-10-4-9-32(23-33)27-14-18-30(19-15-27)38-25-37(29-7-2-1-3-8-29)42-39(43-38)31-20-16-28(17-21-31)35-12-6-22-41-26-35/h1-26H. The second-order valence-corrected chi connectivity index (χ2v) is 11.2. The molecule has 0 radical (unpaired) electrons. The highest BCUT2D eigenvalue weighted by atomic mass is 79.9. The molecule has 0 fully saturated rings. The summed E-state index contributed by atoms with van der Waals surface area (Å²) in [4.78, 5) is 14.3. The summed E-state index contributed by atoms with van der Waals surface area (Å²) in [6.45, 7) is 0. The van der Waals surface area contributed by atoms with Crippen molar-refractivity contribution in [2.45, 2.75) is 0 Å². The third-order valence-corrected chi connectivity index (χ3v) is 7.96. The van der Waals surface area contributed by atoms with E-state index in [9.17, 15) is 0 Å². The van der Waals surface area contributed by atoms with Gasteiger partial charge in [0, 0.05) is 33.6 Å². The van der Waals surface area contributed by atoms with E-state index in [1.807, 2.05) is 36.5 Å². The monoisotopic (exact) mass is 615 g/mol. The molecule has 2 aromatic heterocycles. The molecule has 0 atom stereocenters. The van der Waals surface area contributed by atoms with Gasteiger partial charge in [0.25, 0.3) is 0 Å². The maximum Gasteiger partial charge on any atom is 0.160 e. The molecule has 0 spiro atoms. The third-order valence-electron chi connectivity index (χ3n) is 7.47. The summed E-state index contributed by atoms with van der Waals surface area (Å²) in [5, 5.41) is 0. The van der Waals surface area contributed by atoms with E-state index in [1.54, 1.807) is 6.20 Å². The van der Waals surface area contributed by atoms with Crippen LogP contribution in [-0.4, -0.2) is 15.0 Å². The van der Waals surface area contributed by atoms with Crippen LogP contribution in [0.5, 0.6) is 0 Å². The molecule has 2 heterocycles. The molecule has 0 aliphatic rings. The second-order valence-electron chi connectivity index (χ2n) is 10.3. The van der Waals surface area contributed by atoms with E-state index in [-0.39, 0.29) is 0 Å². The van der Waals surface area contributed by atoms with Gasteiger partial charge in [0.05, 0.1) is 11.4 Å². The Bertz CT molecular complexity index is 2000. The molecule has 0 saturated heterocycles. The van der Waals surface area contributed by atoms with Crippen molar-refractivity contribution < 1.29 is 0 Å². The van der Waals surface area contributed by atoms with Gasteiger partial charge in [-0.25, -0.2) is 9.97 Å². The van der Waals surface area contributed by atoms with Gasteiger partial charge < -0.3 is 0 Å². The molecule has 204 valence electrons. The summed E-state index contributed by atoms with van der Waals surface area (Å²) in [5.41, 5.74) is 11.7. The molecule has 0 aliphatic heterocycles. The minimum atomic E-state index is 0.694. The highest BCUT2D eigenvalue weighted by molar-refractivity contribution is 9.10. The van der Waals surface area contributed by atoms with E-state index < -0.39 is 0 Å². The molecule has 0 saturated carbocycles. The molecule has 7 aromatic rings. The van der Waals surface area contributed by atoms with E-state index in [1.165, 1.54) is 16.7 Å². The summed E-state index contributed by atoms with van der Waals surface area (Å²) >= 11 is 3.59. The van der Waals surface area contributed by atoms with Crippen LogP contribution in [0.4, 0.5) is 0 Å². The van der Waals surface area contributed by atoms with E-state index in [0.29, 0.717) is 5.82 Å². The van der Waals surface area contributed by atoms with Crippen molar-refractivity contribution in [1.82, 2.24) is 15.0 Å². The molecule has 0 amide bonds. The summed E-state index contributed by atoms with van der Waals surface area (Å²) in [6, 6.07) is 50.4. The molecule has 0 aliphatic carbocycles. The molecule has 5 aromatic carbocycles. The maximum atomic E-state index is 5.04. The lowest BCUT2D eigenvalue weighted by Crippen LogP contribution is -1.96. The van der Waals surface area contributed by atoms with Gasteiger partial charge in [0.15, 0.2) is 5.82 Å². The average Bonchev–Trinajstić information content (AvgIpc) is 3.09. The quantitative estimate of drug-likeness (QED) is 0.187.